The molecular formula is C28H38ClN5O5. The number of carbonyl (C=O) groups excluding carboxylic acids is 1. The maximum atomic E-state index is 13.0. The van der Waals surface area contributed by atoms with E-state index in [2.05, 4.69) is 15.5 Å². The second-order valence-electron chi connectivity index (χ2n) is 10.1. The molecule has 0 radical (unpaired) electrons. The number of para-hydroxylation sites is 2. The summed E-state index contributed by atoms with van der Waals surface area (Å²) in [6, 6.07) is 14.0. The maximum Gasteiger partial charge on any atom is 0.405 e. The molecule has 2 heterocycles. The van der Waals surface area contributed by atoms with E-state index < -0.39 is 12.1 Å². The molecular weight excluding hydrogens is 522 g/mol. The Morgan fingerprint density at radius 2 is 1.69 bits per heavy atom. The Morgan fingerprint density at radius 1 is 1.05 bits per heavy atom. The third-order valence-corrected chi connectivity index (χ3v) is 7.30. The number of hydrogen-bond acceptors (Lipinski definition) is 5. The number of aromatic nitrogens is 2. The number of likely N-dealkylation sites (tertiary alicyclic amines) is 1. The van der Waals surface area contributed by atoms with Gasteiger partial charge in [0.1, 0.15) is 5.75 Å². The molecule has 11 heteroatoms. The van der Waals surface area contributed by atoms with Gasteiger partial charge in [-0.3, -0.25) is 4.57 Å². The number of ether oxygens (including phenoxy) is 1. The SMILES string of the molecule is COc1ccc(C(CCN2CCC(CNC(=O)n3c(=O)n(C(C)C)c4ccccc43)CC2)NC(=O)O)cc1.Cl. The molecule has 212 valence electrons. The highest BCUT2D eigenvalue weighted by molar-refractivity contribution is 5.89. The van der Waals surface area contributed by atoms with Gasteiger partial charge in [-0.15, -0.1) is 12.4 Å². The molecule has 3 N–H and O–H groups in total. The number of nitrogens with one attached hydrogen (secondary N) is 2. The van der Waals surface area contributed by atoms with Crippen molar-refractivity contribution in [1.82, 2.24) is 24.7 Å². The first kappa shape index (κ1) is 30.0. The molecule has 1 fully saturated rings. The van der Waals surface area contributed by atoms with Gasteiger partial charge in [0, 0.05) is 19.1 Å². The van der Waals surface area contributed by atoms with Gasteiger partial charge in [0.2, 0.25) is 0 Å². The summed E-state index contributed by atoms with van der Waals surface area (Å²) in [5.41, 5.74) is 1.94. The summed E-state index contributed by atoms with van der Waals surface area (Å²) in [7, 11) is 1.60. The Morgan fingerprint density at radius 3 is 2.28 bits per heavy atom. The zero-order chi connectivity index (χ0) is 27.2. The van der Waals surface area contributed by atoms with Gasteiger partial charge in [0.15, 0.2) is 0 Å². The van der Waals surface area contributed by atoms with Crippen LogP contribution in [0.25, 0.3) is 11.0 Å². The Hall–Kier alpha value is -3.50. The van der Waals surface area contributed by atoms with Crippen LogP contribution in [0.15, 0.2) is 53.3 Å². The van der Waals surface area contributed by atoms with Crippen molar-refractivity contribution in [2.24, 2.45) is 5.92 Å². The van der Waals surface area contributed by atoms with Crippen LogP contribution in [-0.4, -0.2) is 64.6 Å². The van der Waals surface area contributed by atoms with Crippen molar-refractivity contribution in [3.05, 3.63) is 64.6 Å². The third-order valence-electron chi connectivity index (χ3n) is 7.30. The van der Waals surface area contributed by atoms with Crippen molar-refractivity contribution < 1.29 is 19.4 Å². The van der Waals surface area contributed by atoms with Crippen LogP contribution in [0.3, 0.4) is 0 Å². The summed E-state index contributed by atoms with van der Waals surface area (Å²) in [6.07, 6.45) is 1.45. The van der Waals surface area contributed by atoms with Crippen LogP contribution in [0.5, 0.6) is 5.75 Å². The van der Waals surface area contributed by atoms with Crippen LogP contribution >= 0.6 is 12.4 Å². The summed E-state index contributed by atoms with van der Waals surface area (Å²) >= 11 is 0. The van der Waals surface area contributed by atoms with Crippen molar-refractivity contribution >= 4 is 35.6 Å². The van der Waals surface area contributed by atoms with E-state index >= 15 is 0 Å². The first-order chi connectivity index (χ1) is 18.3. The van der Waals surface area contributed by atoms with Crippen LogP contribution in [0.1, 0.15) is 50.8 Å². The predicted molar refractivity (Wildman–Crippen MR) is 153 cm³/mol. The number of benzene rings is 2. The Kier molecular flexibility index (Phi) is 10.4. The molecule has 2 aromatic carbocycles. The number of carboxylic acid groups (broad SMARTS) is 1. The molecule has 1 saturated heterocycles. The van der Waals surface area contributed by atoms with Crippen LogP contribution in [-0.2, 0) is 0 Å². The minimum atomic E-state index is -1.05. The van der Waals surface area contributed by atoms with E-state index in [1.54, 1.807) is 17.7 Å². The average molecular weight is 560 g/mol. The largest absolute Gasteiger partial charge is 0.497 e. The number of nitrogens with zero attached hydrogens (tertiary/aromatic N) is 3. The second kappa shape index (κ2) is 13.5. The molecule has 1 aromatic heterocycles. The van der Waals surface area contributed by atoms with Gasteiger partial charge < -0.3 is 25.4 Å². The van der Waals surface area contributed by atoms with Gasteiger partial charge in [-0.1, -0.05) is 24.3 Å². The minimum Gasteiger partial charge on any atom is -0.497 e. The van der Waals surface area contributed by atoms with E-state index in [-0.39, 0.29) is 30.2 Å². The molecule has 1 aliphatic heterocycles. The fraction of sp³-hybridized carbons (Fsp3) is 0.464. The summed E-state index contributed by atoms with van der Waals surface area (Å²) in [4.78, 5) is 39.7. The molecule has 2 amide bonds. The Labute approximate surface area is 234 Å². The molecule has 10 nitrogen and oxygen atoms in total. The highest BCUT2D eigenvalue weighted by Gasteiger charge is 2.24. The van der Waals surface area contributed by atoms with E-state index in [0.29, 0.717) is 24.4 Å². The monoisotopic (exact) mass is 559 g/mol. The van der Waals surface area contributed by atoms with Crippen molar-refractivity contribution in [2.75, 3.05) is 33.3 Å². The lowest BCUT2D eigenvalue weighted by Gasteiger charge is -2.33. The van der Waals surface area contributed by atoms with Gasteiger partial charge in [0.05, 0.1) is 24.2 Å². The average Bonchev–Trinajstić information content (AvgIpc) is 3.22. The van der Waals surface area contributed by atoms with Gasteiger partial charge in [-0.25, -0.2) is 19.0 Å². The lowest BCUT2D eigenvalue weighted by Crippen LogP contribution is -2.42. The number of carbonyl (C=O) groups is 2. The molecule has 39 heavy (non-hydrogen) atoms. The smallest absolute Gasteiger partial charge is 0.405 e. The summed E-state index contributed by atoms with van der Waals surface area (Å²) in [5, 5.41) is 14.9. The van der Waals surface area contributed by atoms with Gasteiger partial charge in [-0.2, -0.15) is 0 Å². The van der Waals surface area contributed by atoms with Crippen molar-refractivity contribution in [3.63, 3.8) is 0 Å². The second-order valence-corrected chi connectivity index (χ2v) is 10.1. The van der Waals surface area contributed by atoms with Crippen LogP contribution in [0, 0.1) is 5.92 Å². The standard InChI is InChI=1S/C28H37N5O5.ClH/c1-19(2)32-24-6-4-5-7-25(24)33(28(32)37)26(34)29-18-20-12-15-31(16-13-20)17-14-23(30-27(35)36)21-8-10-22(38-3)11-9-21;/h4-11,19-20,23,30H,12-18H2,1-3H3,(H,29,34)(H,35,36);1H. The van der Waals surface area contributed by atoms with E-state index in [9.17, 15) is 19.5 Å². The summed E-state index contributed by atoms with van der Waals surface area (Å²) in [6.45, 7) is 6.88. The fourth-order valence-electron chi connectivity index (χ4n) is 5.21. The summed E-state index contributed by atoms with van der Waals surface area (Å²) < 4.78 is 8.08. The normalized spacial score (nSPS) is 15.1. The lowest BCUT2D eigenvalue weighted by molar-refractivity contribution is 0.168. The molecule has 1 unspecified atom stereocenters. The van der Waals surface area contributed by atoms with Crippen LogP contribution < -0.4 is 21.1 Å². The highest BCUT2D eigenvalue weighted by Crippen LogP contribution is 2.23. The molecule has 0 bridgehead atoms. The number of imidazole rings is 1. The Balaban J connectivity index is 0.00000420. The van der Waals surface area contributed by atoms with Gasteiger partial charge in [0.25, 0.3) is 0 Å². The van der Waals surface area contributed by atoms with Crippen molar-refractivity contribution in [2.45, 2.75) is 45.2 Å². The fourth-order valence-corrected chi connectivity index (χ4v) is 5.21. The number of hydrogen-bond donors (Lipinski definition) is 3. The van der Waals surface area contributed by atoms with Gasteiger partial charge in [-0.05, 0) is 81.9 Å². The minimum absolute atomic E-state index is 0. The first-order valence-electron chi connectivity index (χ1n) is 13.1. The zero-order valence-corrected chi connectivity index (χ0v) is 23.4. The number of piperidine rings is 1. The van der Waals surface area contributed by atoms with E-state index in [1.165, 1.54) is 4.57 Å². The number of methoxy groups -OCH3 is 1. The molecule has 1 atom stereocenters. The molecule has 4 rings (SSSR count). The zero-order valence-electron chi connectivity index (χ0n) is 22.6. The van der Waals surface area contributed by atoms with E-state index in [0.717, 1.165) is 49.3 Å². The lowest BCUT2D eigenvalue weighted by atomic mass is 9.96. The van der Waals surface area contributed by atoms with E-state index in [1.807, 2.05) is 56.3 Å². The number of amides is 2. The molecule has 1 aliphatic rings. The predicted octanol–water partition coefficient (Wildman–Crippen LogP) is 4.48. The first-order valence-corrected chi connectivity index (χ1v) is 13.1. The number of fused-ring (bicyclic) bond motifs is 1. The maximum absolute atomic E-state index is 13.0. The van der Waals surface area contributed by atoms with Crippen LogP contribution in [0.2, 0.25) is 0 Å². The Bertz CT molecular complexity index is 1310. The van der Waals surface area contributed by atoms with E-state index in [4.69, 9.17) is 4.74 Å². The number of halogens is 1. The van der Waals surface area contributed by atoms with Gasteiger partial charge >= 0.3 is 17.8 Å². The molecule has 0 aliphatic carbocycles. The van der Waals surface area contributed by atoms with Crippen molar-refractivity contribution in [1.29, 1.82) is 0 Å². The topological polar surface area (TPSA) is 118 Å². The highest BCUT2D eigenvalue weighted by atomic mass is 35.5. The molecule has 0 saturated carbocycles. The molecule has 3 aromatic rings. The summed E-state index contributed by atoms with van der Waals surface area (Å²) in [5.74, 6) is 1.05. The quantitative estimate of drug-likeness (QED) is 0.356. The van der Waals surface area contributed by atoms with Crippen LogP contribution in [0.4, 0.5) is 9.59 Å². The van der Waals surface area contributed by atoms with Crippen molar-refractivity contribution in [3.8, 4) is 5.75 Å². The molecule has 0 spiro atoms. The third kappa shape index (κ3) is 7.13. The number of rotatable bonds is 9.